The molecule has 8 heteroatoms. The number of methoxy groups -OCH3 is 1. The van der Waals surface area contributed by atoms with Gasteiger partial charge in [0.1, 0.15) is 12.4 Å². The molecule has 0 aromatic heterocycles. The molecular formula is C15H24N2O5S. The number of nitrogens with zero attached hydrogens (tertiary/aromatic N) is 2. The third-order valence-corrected chi connectivity index (χ3v) is 5.06. The number of rotatable bonds is 8. The van der Waals surface area contributed by atoms with Crippen LogP contribution in [-0.4, -0.2) is 71.5 Å². The molecule has 0 aliphatic rings. The number of ether oxygens (including phenoxy) is 2. The van der Waals surface area contributed by atoms with Crippen LogP contribution in [0, 0.1) is 6.92 Å². The third-order valence-electron chi connectivity index (χ3n) is 3.26. The van der Waals surface area contributed by atoms with Crippen LogP contribution < -0.4 is 4.74 Å². The van der Waals surface area contributed by atoms with Crippen molar-refractivity contribution >= 4 is 15.9 Å². The number of benzene rings is 1. The van der Waals surface area contributed by atoms with Crippen LogP contribution in [-0.2, 0) is 19.6 Å². The van der Waals surface area contributed by atoms with Crippen molar-refractivity contribution in [2.24, 2.45) is 0 Å². The van der Waals surface area contributed by atoms with Crippen molar-refractivity contribution < 1.29 is 22.7 Å². The van der Waals surface area contributed by atoms with Crippen LogP contribution in [0.1, 0.15) is 5.56 Å². The molecule has 0 fully saturated rings. The average Bonchev–Trinajstić information content (AvgIpc) is 2.48. The smallest absolute Gasteiger partial charge is 0.243 e. The zero-order chi connectivity index (χ0) is 17.6. The van der Waals surface area contributed by atoms with Crippen molar-refractivity contribution in [1.82, 2.24) is 9.21 Å². The first-order chi connectivity index (χ1) is 10.7. The zero-order valence-electron chi connectivity index (χ0n) is 14.2. The Hall–Kier alpha value is -1.64. The van der Waals surface area contributed by atoms with E-state index in [4.69, 9.17) is 9.47 Å². The van der Waals surface area contributed by atoms with Crippen molar-refractivity contribution in [3.8, 4) is 5.75 Å². The number of carbonyl (C=O) groups excluding carboxylic acids is 1. The second kappa shape index (κ2) is 8.28. The van der Waals surface area contributed by atoms with Gasteiger partial charge in [-0.25, -0.2) is 8.42 Å². The Morgan fingerprint density at radius 1 is 1.17 bits per heavy atom. The number of carbonyl (C=O) groups is 1. The van der Waals surface area contributed by atoms with Crippen LogP contribution in [0.5, 0.6) is 5.75 Å². The standard InChI is InChI=1S/C15H24N2O5S/c1-12-10-13(6-7-14(12)22-9-8-21-5)23(19,20)17(4)11-15(18)16(2)3/h6-7,10H,8-9,11H2,1-5H3. The summed E-state index contributed by atoms with van der Waals surface area (Å²) in [5.74, 6) is 0.320. The topological polar surface area (TPSA) is 76.1 Å². The molecule has 1 aromatic carbocycles. The van der Waals surface area contributed by atoms with Gasteiger partial charge in [-0.05, 0) is 30.7 Å². The van der Waals surface area contributed by atoms with E-state index in [1.54, 1.807) is 34.2 Å². The van der Waals surface area contributed by atoms with Gasteiger partial charge in [-0.1, -0.05) is 0 Å². The lowest BCUT2D eigenvalue weighted by Crippen LogP contribution is -2.37. The molecule has 0 spiro atoms. The molecule has 7 nitrogen and oxygen atoms in total. The second-order valence-electron chi connectivity index (χ2n) is 5.32. The Morgan fingerprint density at radius 3 is 2.35 bits per heavy atom. The molecule has 0 bridgehead atoms. The van der Waals surface area contributed by atoms with Crippen molar-refractivity contribution in [2.75, 3.05) is 48.0 Å². The third kappa shape index (κ3) is 5.19. The van der Waals surface area contributed by atoms with Gasteiger partial charge in [0.25, 0.3) is 0 Å². The number of amides is 1. The molecule has 1 aromatic rings. The molecule has 1 rings (SSSR count). The molecule has 0 heterocycles. The van der Waals surface area contributed by atoms with Gasteiger partial charge in [0.05, 0.1) is 18.0 Å². The zero-order valence-corrected chi connectivity index (χ0v) is 15.0. The first-order valence-electron chi connectivity index (χ1n) is 7.09. The average molecular weight is 344 g/mol. The second-order valence-corrected chi connectivity index (χ2v) is 7.36. The van der Waals surface area contributed by atoms with Crippen molar-refractivity contribution in [3.05, 3.63) is 23.8 Å². The first-order valence-corrected chi connectivity index (χ1v) is 8.53. The van der Waals surface area contributed by atoms with Crippen LogP contribution >= 0.6 is 0 Å². The predicted molar refractivity (Wildman–Crippen MR) is 87.1 cm³/mol. The summed E-state index contributed by atoms with van der Waals surface area (Å²) in [6.07, 6.45) is 0. The fourth-order valence-corrected chi connectivity index (χ4v) is 2.98. The SMILES string of the molecule is COCCOc1ccc(S(=O)(=O)N(C)CC(=O)N(C)C)cc1C. The van der Waals surface area contributed by atoms with E-state index in [-0.39, 0.29) is 17.3 Å². The minimum Gasteiger partial charge on any atom is -0.491 e. The highest BCUT2D eigenvalue weighted by Gasteiger charge is 2.24. The summed E-state index contributed by atoms with van der Waals surface area (Å²) in [7, 11) is 2.40. The van der Waals surface area contributed by atoms with E-state index in [1.807, 2.05) is 0 Å². The van der Waals surface area contributed by atoms with Gasteiger partial charge in [0.15, 0.2) is 0 Å². The lowest BCUT2D eigenvalue weighted by molar-refractivity contribution is -0.128. The van der Waals surface area contributed by atoms with Gasteiger partial charge in [-0.2, -0.15) is 4.31 Å². The van der Waals surface area contributed by atoms with Crippen molar-refractivity contribution in [2.45, 2.75) is 11.8 Å². The molecular weight excluding hydrogens is 320 g/mol. The van der Waals surface area contributed by atoms with E-state index in [0.717, 1.165) is 4.31 Å². The van der Waals surface area contributed by atoms with E-state index in [9.17, 15) is 13.2 Å². The molecule has 0 saturated carbocycles. The van der Waals surface area contributed by atoms with Crippen LogP contribution in [0.25, 0.3) is 0 Å². The van der Waals surface area contributed by atoms with Crippen LogP contribution in [0.3, 0.4) is 0 Å². The molecule has 130 valence electrons. The number of likely N-dealkylation sites (N-methyl/N-ethyl adjacent to an activating group) is 2. The Kier molecular flexibility index (Phi) is 6.99. The van der Waals surface area contributed by atoms with E-state index in [1.165, 1.54) is 24.1 Å². The Morgan fingerprint density at radius 2 is 1.83 bits per heavy atom. The minimum atomic E-state index is -3.73. The fourth-order valence-electron chi connectivity index (χ4n) is 1.78. The molecule has 0 aliphatic carbocycles. The maximum Gasteiger partial charge on any atom is 0.243 e. The van der Waals surface area contributed by atoms with Gasteiger partial charge in [0.2, 0.25) is 15.9 Å². The van der Waals surface area contributed by atoms with Crippen LogP contribution in [0.2, 0.25) is 0 Å². The maximum atomic E-state index is 12.5. The monoisotopic (exact) mass is 344 g/mol. The summed E-state index contributed by atoms with van der Waals surface area (Å²) in [4.78, 5) is 13.2. The van der Waals surface area contributed by atoms with Gasteiger partial charge < -0.3 is 14.4 Å². The summed E-state index contributed by atoms with van der Waals surface area (Å²) in [5, 5.41) is 0. The lowest BCUT2D eigenvalue weighted by Gasteiger charge is -2.19. The van der Waals surface area contributed by atoms with E-state index >= 15 is 0 Å². The Bertz CT molecular complexity index is 643. The number of hydrogen-bond donors (Lipinski definition) is 0. The number of aryl methyl sites for hydroxylation is 1. The molecule has 23 heavy (non-hydrogen) atoms. The van der Waals surface area contributed by atoms with Crippen molar-refractivity contribution in [1.29, 1.82) is 0 Å². The van der Waals surface area contributed by atoms with Gasteiger partial charge in [0, 0.05) is 28.3 Å². The summed E-state index contributed by atoms with van der Waals surface area (Å²) in [6.45, 7) is 2.40. The molecule has 0 unspecified atom stereocenters. The van der Waals surface area contributed by atoms with Crippen LogP contribution in [0.4, 0.5) is 0 Å². The summed E-state index contributed by atoms with van der Waals surface area (Å²) in [6, 6.07) is 4.62. The predicted octanol–water partition coefficient (Wildman–Crippen LogP) is 0.729. The summed E-state index contributed by atoms with van der Waals surface area (Å²) >= 11 is 0. The van der Waals surface area contributed by atoms with Gasteiger partial charge >= 0.3 is 0 Å². The molecule has 1 amide bonds. The van der Waals surface area contributed by atoms with E-state index in [0.29, 0.717) is 24.5 Å². The quantitative estimate of drug-likeness (QED) is 0.650. The normalized spacial score (nSPS) is 11.6. The summed E-state index contributed by atoms with van der Waals surface area (Å²) < 4.78 is 36.5. The molecule has 0 radical (unpaired) electrons. The molecule has 0 aliphatic heterocycles. The minimum absolute atomic E-state index is 0.128. The molecule has 0 N–H and O–H groups in total. The maximum absolute atomic E-state index is 12.5. The highest BCUT2D eigenvalue weighted by atomic mass is 32.2. The van der Waals surface area contributed by atoms with Gasteiger partial charge in [-0.3, -0.25) is 4.79 Å². The highest BCUT2D eigenvalue weighted by Crippen LogP contribution is 2.23. The highest BCUT2D eigenvalue weighted by molar-refractivity contribution is 7.89. The molecule has 0 atom stereocenters. The van der Waals surface area contributed by atoms with Gasteiger partial charge in [-0.15, -0.1) is 0 Å². The number of hydrogen-bond acceptors (Lipinski definition) is 5. The Balaban J connectivity index is 2.92. The fraction of sp³-hybridized carbons (Fsp3) is 0.533. The summed E-state index contributed by atoms with van der Waals surface area (Å²) in [5.41, 5.74) is 0.703. The molecule has 0 saturated heterocycles. The largest absolute Gasteiger partial charge is 0.491 e. The number of sulfonamides is 1. The van der Waals surface area contributed by atoms with E-state index in [2.05, 4.69) is 0 Å². The lowest BCUT2D eigenvalue weighted by atomic mass is 10.2. The van der Waals surface area contributed by atoms with Crippen molar-refractivity contribution in [3.63, 3.8) is 0 Å². The van der Waals surface area contributed by atoms with Crippen LogP contribution in [0.15, 0.2) is 23.1 Å². The first kappa shape index (κ1) is 19.4. The van der Waals surface area contributed by atoms with E-state index < -0.39 is 10.0 Å². The Labute approximate surface area is 137 Å².